The lowest BCUT2D eigenvalue weighted by atomic mass is 10.0. The van der Waals surface area contributed by atoms with Crippen LogP contribution < -0.4 is 0 Å². The molecule has 5 nitrogen and oxygen atoms in total. The third-order valence-corrected chi connectivity index (χ3v) is 5.56. The third kappa shape index (κ3) is 3.35. The highest BCUT2D eigenvalue weighted by molar-refractivity contribution is 5.95. The zero-order valence-electron chi connectivity index (χ0n) is 15.9. The Hall–Kier alpha value is -2.66. The van der Waals surface area contributed by atoms with E-state index in [1.165, 1.54) is 16.8 Å². The Labute approximate surface area is 159 Å². The molecule has 140 valence electrons. The van der Waals surface area contributed by atoms with Gasteiger partial charge in [-0.2, -0.15) is 0 Å². The Kier molecular flexibility index (Phi) is 4.70. The molecule has 1 aliphatic rings. The van der Waals surface area contributed by atoms with E-state index in [0.717, 1.165) is 55.5 Å². The lowest BCUT2D eigenvalue weighted by Crippen LogP contribution is -2.27. The van der Waals surface area contributed by atoms with Crippen LogP contribution in [0.4, 0.5) is 0 Å². The summed E-state index contributed by atoms with van der Waals surface area (Å²) in [4.78, 5) is 18.2. The molecule has 0 saturated carbocycles. The molecule has 3 heterocycles. The molecule has 0 bridgehead atoms. The Morgan fingerprint density at radius 1 is 1.26 bits per heavy atom. The highest BCUT2D eigenvalue weighted by Gasteiger charge is 2.23. The van der Waals surface area contributed by atoms with Crippen LogP contribution in [0, 0.1) is 0 Å². The third-order valence-electron chi connectivity index (χ3n) is 5.56. The summed E-state index contributed by atoms with van der Waals surface area (Å²) in [5.74, 6) is -0.871. The second-order valence-electron chi connectivity index (χ2n) is 7.36. The summed E-state index contributed by atoms with van der Waals surface area (Å²) in [6, 6.07) is 9.79. The van der Waals surface area contributed by atoms with Gasteiger partial charge in [0.2, 0.25) is 0 Å². The van der Waals surface area contributed by atoms with Gasteiger partial charge in [0.25, 0.3) is 0 Å². The second kappa shape index (κ2) is 7.16. The number of aryl methyl sites for hydroxylation is 3. The number of benzene rings is 1. The van der Waals surface area contributed by atoms with Gasteiger partial charge in [-0.1, -0.05) is 13.0 Å². The summed E-state index contributed by atoms with van der Waals surface area (Å²) in [5.41, 5.74) is 6.48. The van der Waals surface area contributed by atoms with E-state index in [-0.39, 0.29) is 0 Å². The van der Waals surface area contributed by atoms with Gasteiger partial charge in [0.15, 0.2) is 0 Å². The monoisotopic (exact) mass is 363 g/mol. The van der Waals surface area contributed by atoms with Crippen molar-refractivity contribution in [1.82, 2.24) is 14.5 Å². The number of hydrogen-bond donors (Lipinski definition) is 1. The number of aromatic carboxylic acids is 1. The van der Waals surface area contributed by atoms with Gasteiger partial charge in [0.1, 0.15) is 0 Å². The summed E-state index contributed by atoms with van der Waals surface area (Å²) in [7, 11) is 2.12. The van der Waals surface area contributed by atoms with Crippen LogP contribution in [0.1, 0.15) is 39.8 Å². The molecule has 0 radical (unpaired) electrons. The number of rotatable bonds is 5. The Morgan fingerprint density at radius 3 is 2.81 bits per heavy atom. The summed E-state index contributed by atoms with van der Waals surface area (Å²) >= 11 is 0. The molecule has 4 rings (SSSR count). The summed E-state index contributed by atoms with van der Waals surface area (Å²) < 4.78 is 2.39. The maximum Gasteiger partial charge on any atom is 0.335 e. The highest BCUT2D eigenvalue weighted by Crippen LogP contribution is 2.31. The van der Waals surface area contributed by atoms with Crippen molar-refractivity contribution in [3.05, 3.63) is 64.6 Å². The maximum absolute atomic E-state index is 11.4. The van der Waals surface area contributed by atoms with E-state index in [0.29, 0.717) is 5.56 Å². The number of carbonyl (C=O) groups is 1. The summed E-state index contributed by atoms with van der Waals surface area (Å²) in [5, 5.41) is 10.5. The minimum Gasteiger partial charge on any atom is -0.478 e. The van der Waals surface area contributed by atoms with Gasteiger partial charge in [-0.3, -0.25) is 4.98 Å². The first-order chi connectivity index (χ1) is 13.1. The fraction of sp³-hybridized carbons (Fsp3) is 0.364. The number of hydrogen-bond acceptors (Lipinski definition) is 3. The predicted octanol–water partition coefficient (Wildman–Crippen LogP) is 3.53. The highest BCUT2D eigenvalue weighted by atomic mass is 16.4. The molecule has 3 aromatic rings. The number of aromatic nitrogens is 2. The van der Waals surface area contributed by atoms with Crippen LogP contribution in [0.25, 0.3) is 10.9 Å². The Bertz CT molecular complexity index is 989. The van der Waals surface area contributed by atoms with Crippen LogP contribution in [0.2, 0.25) is 0 Å². The van der Waals surface area contributed by atoms with Crippen LogP contribution in [0.3, 0.4) is 0 Å². The summed E-state index contributed by atoms with van der Waals surface area (Å²) in [6.07, 6.45) is 4.85. The van der Waals surface area contributed by atoms with Crippen molar-refractivity contribution >= 4 is 16.9 Å². The first-order valence-electron chi connectivity index (χ1n) is 9.56. The van der Waals surface area contributed by atoms with E-state index < -0.39 is 5.97 Å². The van der Waals surface area contributed by atoms with Crippen molar-refractivity contribution < 1.29 is 9.90 Å². The summed E-state index contributed by atoms with van der Waals surface area (Å²) in [6.45, 7) is 4.90. The largest absolute Gasteiger partial charge is 0.478 e. The zero-order valence-corrected chi connectivity index (χ0v) is 15.9. The fourth-order valence-electron chi connectivity index (χ4n) is 4.03. The molecule has 0 spiro atoms. The topological polar surface area (TPSA) is 58.4 Å². The van der Waals surface area contributed by atoms with Crippen molar-refractivity contribution in [2.45, 2.75) is 39.3 Å². The molecule has 0 saturated heterocycles. The van der Waals surface area contributed by atoms with Crippen molar-refractivity contribution in [2.75, 3.05) is 13.6 Å². The molecule has 0 amide bonds. The molecule has 0 aliphatic carbocycles. The van der Waals surface area contributed by atoms with E-state index in [4.69, 9.17) is 0 Å². The van der Waals surface area contributed by atoms with Crippen LogP contribution in [0.15, 0.2) is 36.5 Å². The lowest BCUT2D eigenvalue weighted by molar-refractivity contribution is 0.0697. The van der Waals surface area contributed by atoms with Gasteiger partial charge < -0.3 is 14.6 Å². The average Bonchev–Trinajstić information content (AvgIpc) is 2.99. The van der Waals surface area contributed by atoms with Gasteiger partial charge in [-0.05, 0) is 55.3 Å². The van der Waals surface area contributed by atoms with E-state index >= 15 is 0 Å². The van der Waals surface area contributed by atoms with Gasteiger partial charge in [-0.15, -0.1) is 0 Å². The first-order valence-corrected chi connectivity index (χ1v) is 9.56. The van der Waals surface area contributed by atoms with Crippen LogP contribution in [-0.4, -0.2) is 39.1 Å². The Morgan fingerprint density at radius 2 is 2.11 bits per heavy atom. The van der Waals surface area contributed by atoms with Crippen LogP contribution in [-0.2, 0) is 32.4 Å². The number of carboxylic acids is 1. The zero-order chi connectivity index (χ0) is 19.0. The number of carboxylic acid groups (broad SMARTS) is 1. The van der Waals surface area contributed by atoms with Gasteiger partial charge in [0, 0.05) is 54.5 Å². The molecule has 5 heteroatoms. The van der Waals surface area contributed by atoms with E-state index in [1.807, 2.05) is 18.3 Å². The quantitative estimate of drug-likeness (QED) is 0.753. The average molecular weight is 363 g/mol. The number of pyridine rings is 1. The van der Waals surface area contributed by atoms with Gasteiger partial charge in [-0.25, -0.2) is 4.79 Å². The molecule has 1 N–H and O–H groups in total. The van der Waals surface area contributed by atoms with Crippen molar-refractivity contribution in [1.29, 1.82) is 0 Å². The lowest BCUT2D eigenvalue weighted by Gasteiger charge is -2.24. The molecule has 27 heavy (non-hydrogen) atoms. The van der Waals surface area contributed by atoms with Crippen LogP contribution in [0.5, 0.6) is 0 Å². The van der Waals surface area contributed by atoms with Gasteiger partial charge >= 0.3 is 5.97 Å². The predicted molar refractivity (Wildman–Crippen MR) is 106 cm³/mol. The minimum absolute atomic E-state index is 0.357. The number of nitrogens with zero attached hydrogens (tertiary/aromatic N) is 3. The standard InChI is InChI=1S/C22H25N3O2/c1-3-17-6-4-15(13-23-17)8-11-25-20-7-5-16(22(26)27)12-18(20)19-14-24(2)10-9-21(19)25/h4-7,12-13H,3,8-11,14H2,1-2H3,(H,26,27). The molecule has 2 aromatic heterocycles. The number of likely N-dealkylation sites (N-methyl/N-ethyl adjacent to an activating group) is 1. The molecule has 1 aliphatic heterocycles. The molecule has 1 aromatic carbocycles. The van der Waals surface area contributed by atoms with Gasteiger partial charge in [0.05, 0.1) is 5.56 Å². The van der Waals surface area contributed by atoms with Crippen molar-refractivity contribution in [3.8, 4) is 0 Å². The smallest absolute Gasteiger partial charge is 0.335 e. The number of fused-ring (bicyclic) bond motifs is 3. The minimum atomic E-state index is -0.871. The van der Waals surface area contributed by atoms with E-state index in [1.54, 1.807) is 6.07 Å². The second-order valence-corrected chi connectivity index (χ2v) is 7.36. The van der Waals surface area contributed by atoms with E-state index in [9.17, 15) is 9.90 Å². The molecule has 0 atom stereocenters. The molecular weight excluding hydrogens is 338 g/mol. The molecule has 0 unspecified atom stereocenters. The molecular formula is C22H25N3O2. The van der Waals surface area contributed by atoms with E-state index in [2.05, 4.69) is 40.6 Å². The van der Waals surface area contributed by atoms with Crippen LogP contribution >= 0.6 is 0 Å². The first kappa shape index (κ1) is 17.7. The van der Waals surface area contributed by atoms with Crippen molar-refractivity contribution in [2.24, 2.45) is 0 Å². The molecule has 0 fully saturated rings. The maximum atomic E-state index is 11.4. The Balaban J connectivity index is 1.71. The fourth-order valence-corrected chi connectivity index (χ4v) is 4.03. The SMILES string of the molecule is CCc1ccc(CCn2c3c(c4cc(C(=O)O)ccc42)CN(C)CC3)cn1. The normalized spacial score (nSPS) is 14.4. The van der Waals surface area contributed by atoms with Crippen molar-refractivity contribution in [3.63, 3.8) is 0 Å².